The van der Waals surface area contributed by atoms with E-state index >= 15 is 0 Å². The molecule has 0 spiro atoms. The Hall–Kier alpha value is -2.29. The number of fused-ring (bicyclic) bond motifs is 5. The van der Waals surface area contributed by atoms with Crippen molar-refractivity contribution in [3.8, 4) is 16.9 Å². The predicted molar refractivity (Wildman–Crippen MR) is 87.3 cm³/mol. The first-order valence-electron chi connectivity index (χ1n) is 7.69. The second kappa shape index (κ2) is 4.35. The minimum Gasteiger partial charge on any atom is -0.488 e. The maximum atomic E-state index is 12.6. The maximum Gasteiger partial charge on any atom is 0.164 e. The minimum absolute atomic E-state index is 0.116. The first-order valence-corrected chi connectivity index (χ1v) is 7.69. The van der Waals surface area contributed by atoms with E-state index in [2.05, 4.69) is 23.5 Å². The normalized spacial score (nSPS) is 21.0. The number of ether oxygens (including phenoxy) is 1. The third-order valence-corrected chi connectivity index (χ3v) is 4.80. The van der Waals surface area contributed by atoms with E-state index in [-0.39, 0.29) is 11.7 Å². The van der Waals surface area contributed by atoms with Crippen molar-refractivity contribution in [2.45, 2.75) is 38.8 Å². The van der Waals surface area contributed by atoms with Gasteiger partial charge in [-0.15, -0.1) is 0 Å². The smallest absolute Gasteiger partial charge is 0.164 e. The van der Waals surface area contributed by atoms with E-state index in [0.717, 1.165) is 28.1 Å². The van der Waals surface area contributed by atoms with Crippen molar-refractivity contribution in [1.82, 2.24) is 0 Å². The molecule has 0 amide bonds. The summed E-state index contributed by atoms with van der Waals surface area (Å²) in [5.74, 6) is 1.03. The molecule has 4 rings (SSSR count). The van der Waals surface area contributed by atoms with Crippen molar-refractivity contribution in [2.75, 3.05) is 5.32 Å². The summed E-state index contributed by atoms with van der Waals surface area (Å²) in [6.07, 6.45) is 0. The maximum absolute atomic E-state index is 12.6. The number of para-hydroxylation sites is 1. The highest BCUT2D eigenvalue weighted by atomic mass is 16.5. The van der Waals surface area contributed by atoms with Crippen LogP contribution in [0.15, 0.2) is 36.4 Å². The molecule has 2 aliphatic heterocycles. The fraction of sp³-hybridized carbons (Fsp3) is 0.316. The van der Waals surface area contributed by atoms with E-state index in [0.29, 0.717) is 6.61 Å². The van der Waals surface area contributed by atoms with Crippen molar-refractivity contribution < 1.29 is 9.53 Å². The lowest BCUT2D eigenvalue weighted by Crippen LogP contribution is -2.46. The highest BCUT2D eigenvalue weighted by Gasteiger charge is 2.40. The molecule has 0 saturated heterocycles. The summed E-state index contributed by atoms with van der Waals surface area (Å²) in [5.41, 5.74) is 5.06. The van der Waals surface area contributed by atoms with Gasteiger partial charge >= 0.3 is 0 Å². The summed E-state index contributed by atoms with van der Waals surface area (Å²) in [6.45, 7) is 6.42. The highest BCUT2D eigenvalue weighted by Crippen LogP contribution is 2.45. The highest BCUT2D eigenvalue weighted by molar-refractivity contribution is 6.00. The fourth-order valence-corrected chi connectivity index (χ4v) is 3.71. The monoisotopic (exact) mass is 293 g/mol. The SMILES string of the molecule is CC1C(=O)C(C)(C)Nc2ccc3c(c21)COc1ccccc1-3. The van der Waals surface area contributed by atoms with Crippen molar-refractivity contribution >= 4 is 11.5 Å². The average molecular weight is 293 g/mol. The van der Waals surface area contributed by atoms with E-state index in [9.17, 15) is 4.79 Å². The number of hydrogen-bond acceptors (Lipinski definition) is 3. The number of nitrogens with one attached hydrogen (secondary N) is 1. The minimum atomic E-state index is -0.520. The first kappa shape index (κ1) is 13.4. The standard InChI is InChI=1S/C19H19NO2/c1-11-17-14-10-22-16-7-5-4-6-13(16)12(14)8-9-15(17)20-19(2,3)18(11)21/h4-9,11,20H,10H2,1-3H3. The van der Waals surface area contributed by atoms with Crippen molar-refractivity contribution in [3.05, 3.63) is 47.5 Å². The molecule has 1 N–H and O–H groups in total. The molecule has 3 nitrogen and oxygen atoms in total. The van der Waals surface area contributed by atoms with Gasteiger partial charge in [0.25, 0.3) is 0 Å². The van der Waals surface area contributed by atoms with E-state index in [4.69, 9.17) is 4.74 Å². The van der Waals surface area contributed by atoms with Gasteiger partial charge in [0, 0.05) is 22.7 Å². The van der Waals surface area contributed by atoms with Crippen LogP contribution in [0.1, 0.15) is 37.8 Å². The van der Waals surface area contributed by atoms with Crippen LogP contribution in [0, 0.1) is 0 Å². The van der Waals surface area contributed by atoms with Crippen molar-refractivity contribution in [3.63, 3.8) is 0 Å². The van der Waals surface area contributed by atoms with Gasteiger partial charge in [0.2, 0.25) is 0 Å². The number of carbonyl (C=O) groups excluding carboxylic acids is 1. The van der Waals surface area contributed by atoms with Gasteiger partial charge in [-0.2, -0.15) is 0 Å². The zero-order chi connectivity index (χ0) is 15.5. The molecule has 3 heteroatoms. The Balaban J connectivity index is 1.95. The Labute approximate surface area is 130 Å². The quantitative estimate of drug-likeness (QED) is 0.794. The number of ketones is 1. The fourth-order valence-electron chi connectivity index (χ4n) is 3.71. The number of benzene rings is 2. The summed E-state index contributed by atoms with van der Waals surface area (Å²) in [5, 5.41) is 3.39. The molecular weight excluding hydrogens is 274 g/mol. The Bertz CT molecular complexity index is 792. The third kappa shape index (κ3) is 1.71. The number of rotatable bonds is 0. The van der Waals surface area contributed by atoms with Crippen LogP contribution in [0.2, 0.25) is 0 Å². The third-order valence-electron chi connectivity index (χ3n) is 4.80. The van der Waals surface area contributed by atoms with Gasteiger partial charge in [0.05, 0.1) is 5.54 Å². The molecule has 1 unspecified atom stereocenters. The molecule has 0 aliphatic carbocycles. The van der Waals surface area contributed by atoms with Crippen LogP contribution in [0.5, 0.6) is 5.75 Å². The molecule has 0 radical (unpaired) electrons. The predicted octanol–water partition coefficient (Wildman–Crippen LogP) is 4.12. The van der Waals surface area contributed by atoms with Gasteiger partial charge < -0.3 is 10.1 Å². The molecule has 2 aliphatic rings. The first-order chi connectivity index (χ1) is 10.5. The lowest BCUT2D eigenvalue weighted by atomic mass is 9.77. The second-order valence-electron chi connectivity index (χ2n) is 6.67. The zero-order valence-electron chi connectivity index (χ0n) is 13.1. The van der Waals surface area contributed by atoms with E-state index < -0.39 is 5.54 Å². The van der Waals surface area contributed by atoms with Gasteiger partial charge in [-0.3, -0.25) is 4.79 Å². The molecule has 0 bridgehead atoms. The Morgan fingerprint density at radius 1 is 1.14 bits per heavy atom. The average Bonchev–Trinajstić information content (AvgIpc) is 2.51. The summed E-state index contributed by atoms with van der Waals surface area (Å²) in [7, 11) is 0. The van der Waals surface area contributed by atoms with Gasteiger partial charge in [0.1, 0.15) is 12.4 Å². The summed E-state index contributed by atoms with van der Waals surface area (Å²) in [4.78, 5) is 12.6. The van der Waals surface area contributed by atoms with Crippen LogP contribution in [0.25, 0.3) is 11.1 Å². The van der Waals surface area contributed by atoms with Gasteiger partial charge in [-0.25, -0.2) is 0 Å². The summed E-state index contributed by atoms with van der Waals surface area (Å²) < 4.78 is 5.91. The van der Waals surface area contributed by atoms with E-state index in [1.165, 1.54) is 5.56 Å². The number of carbonyl (C=O) groups is 1. The molecule has 0 saturated carbocycles. The molecule has 22 heavy (non-hydrogen) atoms. The number of hydrogen-bond donors (Lipinski definition) is 1. The molecule has 2 aromatic carbocycles. The van der Waals surface area contributed by atoms with Crippen LogP contribution in [0.3, 0.4) is 0 Å². The Morgan fingerprint density at radius 2 is 1.91 bits per heavy atom. The lowest BCUT2D eigenvalue weighted by molar-refractivity contribution is -0.123. The van der Waals surface area contributed by atoms with Crippen LogP contribution in [0.4, 0.5) is 5.69 Å². The molecular formula is C19H19NO2. The van der Waals surface area contributed by atoms with Gasteiger partial charge in [-0.05, 0) is 37.1 Å². The summed E-state index contributed by atoms with van der Waals surface area (Å²) >= 11 is 0. The van der Waals surface area contributed by atoms with Crippen molar-refractivity contribution in [1.29, 1.82) is 0 Å². The molecule has 112 valence electrons. The van der Waals surface area contributed by atoms with Crippen LogP contribution in [-0.2, 0) is 11.4 Å². The largest absolute Gasteiger partial charge is 0.488 e. The zero-order valence-corrected chi connectivity index (χ0v) is 13.1. The summed E-state index contributed by atoms with van der Waals surface area (Å²) in [6, 6.07) is 12.3. The Kier molecular flexibility index (Phi) is 2.65. The molecule has 0 fully saturated rings. The second-order valence-corrected chi connectivity index (χ2v) is 6.67. The molecule has 2 heterocycles. The van der Waals surface area contributed by atoms with E-state index in [1.54, 1.807) is 0 Å². The van der Waals surface area contributed by atoms with E-state index in [1.807, 2.05) is 39.0 Å². The number of Topliss-reactive ketones (excluding diaryl/α,β-unsaturated/α-hetero) is 1. The number of anilines is 1. The van der Waals surface area contributed by atoms with Crippen molar-refractivity contribution in [2.24, 2.45) is 0 Å². The topological polar surface area (TPSA) is 38.3 Å². The lowest BCUT2D eigenvalue weighted by Gasteiger charge is -2.38. The Morgan fingerprint density at radius 3 is 2.73 bits per heavy atom. The van der Waals surface area contributed by atoms with Gasteiger partial charge in [-0.1, -0.05) is 31.2 Å². The molecule has 2 aromatic rings. The molecule has 0 aromatic heterocycles. The van der Waals surface area contributed by atoms with Crippen LogP contribution < -0.4 is 10.1 Å². The van der Waals surface area contributed by atoms with Crippen LogP contribution in [-0.4, -0.2) is 11.3 Å². The van der Waals surface area contributed by atoms with Gasteiger partial charge in [0.15, 0.2) is 5.78 Å². The molecule has 1 atom stereocenters. The van der Waals surface area contributed by atoms with Crippen LogP contribution >= 0.6 is 0 Å².